The predicted molar refractivity (Wildman–Crippen MR) is 91.1 cm³/mol. The topological polar surface area (TPSA) is 100 Å². The first-order valence-corrected chi connectivity index (χ1v) is 9.36. The standard InChI is InChI=1S/C15H13ClF3N3O4S/c1-2-22(13-12(14(23)24)20-5-6-21-13)27(25,26)8-9-7-10(16)3-4-11(9)15(17,18)19/h3-7H,2,8H2,1H3,(H,23,24). The Hall–Kier alpha value is -2.40. The quantitative estimate of drug-likeness (QED) is 0.765. The molecule has 0 amide bonds. The zero-order chi connectivity index (χ0) is 20.4. The molecular formula is C15H13ClF3N3O4S. The molecule has 0 bridgehead atoms. The van der Waals surface area contributed by atoms with E-state index in [4.69, 9.17) is 16.7 Å². The molecule has 1 heterocycles. The number of carboxylic acids is 1. The highest BCUT2D eigenvalue weighted by Gasteiger charge is 2.36. The van der Waals surface area contributed by atoms with Crippen LogP contribution in [0.4, 0.5) is 19.0 Å². The molecule has 0 aliphatic carbocycles. The van der Waals surface area contributed by atoms with Crippen molar-refractivity contribution >= 4 is 33.4 Å². The molecule has 0 saturated heterocycles. The third kappa shape index (κ3) is 4.66. The van der Waals surface area contributed by atoms with Gasteiger partial charge in [-0.25, -0.2) is 23.2 Å². The molecule has 27 heavy (non-hydrogen) atoms. The highest BCUT2D eigenvalue weighted by atomic mass is 35.5. The van der Waals surface area contributed by atoms with Gasteiger partial charge in [-0.05, 0) is 30.7 Å². The van der Waals surface area contributed by atoms with Crippen molar-refractivity contribution in [3.63, 3.8) is 0 Å². The summed E-state index contributed by atoms with van der Waals surface area (Å²) < 4.78 is 65.6. The number of aromatic nitrogens is 2. The minimum atomic E-state index is -4.79. The maximum Gasteiger partial charge on any atom is 0.416 e. The van der Waals surface area contributed by atoms with Gasteiger partial charge in [-0.1, -0.05) is 11.6 Å². The summed E-state index contributed by atoms with van der Waals surface area (Å²) >= 11 is 5.72. The first-order valence-electron chi connectivity index (χ1n) is 7.37. The highest BCUT2D eigenvalue weighted by Crippen LogP contribution is 2.35. The van der Waals surface area contributed by atoms with E-state index in [0.29, 0.717) is 10.4 Å². The number of carboxylic acid groups (broad SMARTS) is 1. The summed E-state index contributed by atoms with van der Waals surface area (Å²) in [6.07, 6.45) is -2.64. The minimum Gasteiger partial charge on any atom is -0.476 e. The molecule has 146 valence electrons. The van der Waals surface area contributed by atoms with Crippen molar-refractivity contribution in [3.8, 4) is 0 Å². The van der Waals surface area contributed by atoms with Crippen LogP contribution in [0.25, 0.3) is 0 Å². The fraction of sp³-hybridized carbons (Fsp3) is 0.267. The van der Waals surface area contributed by atoms with Gasteiger partial charge >= 0.3 is 12.1 Å². The van der Waals surface area contributed by atoms with Crippen LogP contribution in [0.5, 0.6) is 0 Å². The molecule has 0 spiro atoms. The van der Waals surface area contributed by atoms with E-state index < -0.39 is 50.6 Å². The van der Waals surface area contributed by atoms with Crippen molar-refractivity contribution in [2.75, 3.05) is 10.8 Å². The molecule has 0 atom stereocenters. The molecule has 0 radical (unpaired) electrons. The summed E-state index contributed by atoms with van der Waals surface area (Å²) in [5, 5.41) is 9.09. The lowest BCUT2D eigenvalue weighted by Crippen LogP contribution is -2.34. The Bertz CT molecular complexity index is 967. The molecule has 0 aliphatic heterocycles. The predicted octanol–water partition coefficient (Wildman–Crippen LogP) is 3.20. The number of benzene rings is 1. The Labute approximate surface area is 157 Å². The van der Waals surface area contributed by atoms with Crippen molar-refractivity contribution in [1.82, 2.24) is 9.97 Å². The Morgan fingerprint density at radius 1 is 1.26 bits per heavy atom. The number of anilines is 1. The van der Waals surface area contributed by atoms with E-state index in [1.165, 1.54) is 6.92 Å². The number of alkyl halides is 3. The number of hydrogen-bond donors (Lipinski definition) is 1. The van der Waals surface area contributed by atoms with Crippen LogP contribution >= 0.6 is 11.6 Å². The third-order valence-corrected chi connectivity index (χ3v) is 5.46. The fourth-order valence-electron chi connectivity index (χ4n) is 2.37. The third-order valence-electron chi connectivity index (χ3n) is 3.45. The normalized spacial score (nSPS) is 12.0. The van der Waals surface area contributed by atoms with Crippen LogP contribution in [0.3, 0.4) is 0 Å². The number of halogens is 4. The Kier molecular flexibility index (Phi) is 5.95. The summed E-state index contributed by atoms with van der Waals surface area (Å²) in [6.45, 7) is 1.13. The molecule has 0 saturated carbocycles. The number of sulfonamides is 1. The van der Waals surface area contributed by atoms with Crippen molar-refractivity contribution in [2.24, 2.45) is 0 Å². The molecule has 1 N–H and O–H groups in total. The second kappa shape index (κ2) is 7.69. The van der Waals surface area contributed by atoms with Crippen molar-refractivity contribution in [1.29, 1.82) is 0 Å². The summed E-state index contributed by atoms with van der Waals surface area (Å²) in [4.78, 5) is 18.6. The molecule has 1 aromatic heterocycles. The lowest BCUT2D eigenvalue weighted by molar-refractivity contribution is -0.138. The lowest BCUT2D eigenvalue weighted by Gasteiger charge is -2.23. The van der Waals surface area contributed by atoms with E-state index in [9.17, 15) is 26.4 Å². The van der Waals surface area contributed by atoms with Gasteiger partial charge in [-0.3, -0.25) is 4.31 Å². The van der Waals surface area contributed by atoms with Gasteiger partial charge in [0.15, 0.2) is 11.5 Å². The summed E-state index contributed by atoms with van der Waals surface area (Å²) in [6, 6.07) is 2.60. The van der Waals surface area contributed by atoms with Crippen LogP contribution in [0.1, 0.15) is 28.5 Å². The molecule has 2 aromatic rings. The van der Waals surface area contributed by atoms with Gasteiger partial charge in [0, 0.05) is 24.0 Å². The average molecular weight is 424 g/mol. The Balaban J connectivity index is 2.53. The van der Waals surface area contributed by atoms with E-state index in [0.717, 1.165) is 24.5 Å². The van der Waals surface area contributed by atoms with E-state index >= 15 is 0 Å². The van der Waals surface area contributed by atoms with Crippen LogP contribution in [0.2, 0.25) is 5.02 Å². The van der Waals surface area contributed by atoms with Crippen LogP contribution in [-0.4, -0.2) is 36.0 Å². The van der Waals surface area contributed by atoms with Crippen LogP contribution < -0.4 is 4.31 Å². The van der Waals surface area contributed by atoms with E-state index in [-0.39, 0.29) is 11.6 Å². The maximum absolute atomic E-state index is 13.2. The lowest BCUT2D eigenvalue weighted by atomic mass is 10.1. The zero-order valence-electron chi connectivity index (χ0n) is 13.7. The number of carbonyl (C=O) groups is 1. The SMILES string of the molecule is CCN(c1nccnc1C(=O)O)S(=O)(=O)Cc1cc(Cl)ccc1C(F)(F)F. The van der Waals surface area contributed by atoms with Crippen LogP contribution in [0.15, 0.2) is 30.6 Å². The Morgan fingerprint density at radius 2 is 1.89 bits per heavy atom. The zero-order valence-corrected chi connectivity index (χ0v) is 15.3. The van der Waals surface area contributed by atoms with Gasteiger partial charge in [0.05, 0.1) is 11.3 Å². The van der Waals surface area contributed by atoms with Crippen molar-refractivity contribution in [3.05, 3.63) is 52.4 Å². The second-order valence-electron chi connectivity index (χ2n) is 5.25. The van der Waals surface area contributed by atoms with Crippen molar-refractivity contribution in [2.45, 2.75) is 18.9 Å². The highest BCUT2D eigenvalue weighted by molar-refractivity contribution is 7.92. The van der Waals surface area contributed by atoms with Gasteiger partial charge in [0.2, 0.25) is 10.0 Å². The van der Waals surface area contributed by atoms with Gasteiger partial charge in [0.25, 0.3) is 0 Å². The summed E-state index contributed by atoms with van der Waals surface area (Å²) in [5.74, 6) is -3.06. The van der Waals surface area contributed by atoms with E-state index in [1.807, 2.05) is 0 Å². The minimum absolute atomic E-state index is 0.0676. The molecule has 0 unspecified atom stereocenters. The number of nitrogens with zero attached hydrogens (tertiary/aromatic N) is 3. The van der Waals surface area contributed by atoms with Crippen LogP contribution in [0, 0.1) is 0 Å². The van der Waals surface area contributed by atoms with Gasteiger partial charge < -0.3 is 5.11 Å². The van der Waals surface area contributed by atoms with Crippen LogP contribution in [-0.2, 0) is 22.0 Å². The van der Waals surface area contributed by atoms with Gasteiger partial charge in [-0.2, -0.15) is 13.2 Å². The Morgan fingerprint density at radius 3 is 2.44 bits per heavy atom. The van der Waals surface area contributed by atoms with Crippen molar-refractivity contribution < 1.29 is 31.5 Å². The first-order chi connectivity index (χ1) is 12.5. The molecule has 1 aromatic carbocycles. The average Bonchev–Trinajstić information content (AvgIpc) is 2.54. The molecule has 0 aliphatic rings. The summed E-state index contributed by atoms with van der Waals surface area (Å²) in [5.41, 5.74) is -2.34. The molecule has 2 rings (SSSR count). The molecular weight excluding hydrogens is 411 g/mol. The van der Waals surface area contributed by atoms with E-state index in [2.05, 4.69) is 9.97 Å². The summed E-state index contributed by atoms with van der Waals surface area (Å²) in [7, 11) is -4.43. The number of hydrogen-bond acceptors (Lipinski definition) is 5. The number of aromatic carboxylic acids is 1. The van der Waals surface area contributed by atoms with Gasteiger partial charge in [-0.15, -0.1) is 0 Å². The number of rotatable bonds is 6. The smallest absolute Gasteiger partial charge is 0.416 e. The molecule has 7 nitrogen and oxygen atoms in total. The molecule has 0 fully saturated rings. The van der Waals surface area contributed by atoms with Gasteiger partial charge in [0.1, 0.15) is 0 Å². The first kappa shape index (κ1) is 20.9. The fourth-order valence-corrected chi connectivity index (χ4v) is 4.15. The second-order valence-corrected chi connectivity index (χ2v) is 7.58. The monoisotopic (exact) mass is 423 g/mol. The molecule has 12 heteroatoms. The largest absolute Gasteiger partial charge is 0.476 e. The van der Waals surface area contributed by atoms with E-state index in [1.54, 1.807) is 0 Å². The maximum atomic E-state index is 13.2.